The maximum Gasteiger partial charge on any atom is 0.183 e. The summed E-state index contributed by atoms with van der Waals surface area (Å²) in [5.74, 6) is 0.873. The first-order valence-electron chi connectivity index (χ1n) is 6.44. The van der Waals surface area contributed by atoms with Crippen LogP contribution in [0.3, 0.4) is 0 Å². The van der Waals surface area contributed by atoms with E-state index >= 15 is 0 Å². The molecule has 0 aromatic carbocycles. The lowest BCUT2D eigenvalue weighted by molar-refractivity contribution is 0.0811. The van der Waals surface area contributed by atoms with Crippen molar-refractivity contribution in [2.45, 2.75) is 32.4 Å². The van der Waals surface area contributed by atoms with Crippen LogP contribution in [0.1, 0.15) is 32.1 Å². The molecule has 19 heavy (non-hydrogen) atoms. The molecule has 0 bridgehead atoms. The van der Waals surface area contributed by atoms with Crippen molar-refractivity contribution in [1.82, 2.24) is 4.90 Å². The summed E-state index contributed by atoms with van der Waals surface area (Å²) in [7, 11) is 1.71. The van der Waals surface area contributed by atoms with E-state index < -0.39 is 0 Å². The van der Waals surface area contributed by atoms with E-state index in [1.54, 1.807) is 7.11 Å². The molecule has 2 unspecified atom stereocenters. The summed E-state index contributed by atoms with van der Waals surface area (Å²) in [6.07, 6.45) is 1.06. The SMILES string of the molecule is CCC(C)N(CCOC)C(CN)c1cc(Br)c(Br)o1. The molecule has 0 aliphatic rings. The van der Waals surface area contributed by atoms with Crippen LogP contribution in [0.4, 0.5) is 0 Å². The highest BCUT2D eigenvalue weighted by Gasteiger charge is 2.26. The largest absolute Gasteiger partial charge is 0.451 e. The van der Waals surface area contributed by atoms with E-state index in [1.165, 1.54) is 0 Å². The van der Waals surface area contributed by atoms with Gasteiger partial charge in [-0.15, -0.1) is 0 Å². The Morgan fingerprint density at radius 3 is 2.58 bits per heavy atom. The maximum atomic E-state index is 5.96. The molecule has 0 aliphatic carbocycles. The van der Waals surface area contributed by atoms with Crippen molar-refractivity contribution in [3.63, 3.8) is 0 Å². The van der Waals surface area contributed by atoms with Crippen LogP contribution < -0.4 is 5.73 Å². The van der Waals surface area contributed by atoms with Gasteiger partial charge in [0, 0.05) is 26.2 Å². The van der Waals surface area contributed by atoms with Gasteiger partial charge < -0.3 is 14.9 Å². The molecule has 1 heterocycles. The molecule has 0 amide bonds. The van der Waals surface area contributed by atoms with E-state index in [9.17, 15) is 0 Å². The van der Waals surface area contributed by atoms with Crippen LogP contribution in [0.2, 0.25) is 0 Å². The Balaban J connectivity index is 2.94. The van der Waals surface area contributed by atoms with Crippen molar-refractivity contribution in [2.24, 2.45) is 5.73 Å². The first kappa shape index (κ1) is 17.2. The minimum atomic E-state index is 0.0627. The van der Waals surface area contributed by atoms with E-state index in [4.69, 9.17) is 14.9 Å². The smallest absolute Gasteiger partial charge is 0.183 e. The third-order valence-electron chi connectivity index (χ3n) is 3.33. The van der Waals surface area contributed by atoms with Crippen LogP contribution in [0.25, 0.3) is 0 Å². The summed E-state index contributed by atoms with van der Waals surface area (Å²) in [5, 5.41) is 0. The summed E-state index contributed by atoms with van der Waals surface area (Å²) in [5.41, 5.74) is 5.96. The fraction of sp³-hybridized carbons (Fsp3) is 0.692. The lowest BCUT2D eigenvalue weighted by Gasteiger charge is -2.34. The maximum absolute atomic E-state index is 5.96. The molecule has 0 fully saturated rings. The minimum absolute atomic E-state index is 0.0627. The molecule has 1 aromatic heterocycles. The number of nitrogens with two attached hydrogens (primary N) is 1. The van der Waals surface area contributed by atoms with Gasteiger partial charge in [0.1, 0.15) is 5.76 Å². The second-order valence-electron chi connectivity index (χ2n) is 4.51. The molecule has 0 saturated heterocycles. The zero-order chi connectivity index (χ0) is 14.4. The Hall–Kier alpha value is 0.120. The molecule has 0 saturated carbocycles. The third-order valence-corrected chi connectivity index (χ3v) is 5.04. The number of methoxy groups -OCH3 is 1. The van der Waals surface area contributed by atoms with Crippen molar-refractivity contribution in [3.05, 3.63) is 21.0 Å². The van der Waals surface area contributed by atoms with Gasteiger partial charge in [0.15, 0.2) is 4.67 Å². The molecule has 0 radical (unpaired) electrons. The van der Waals surface area contributed by atoms with Crippen LogP contribution in [0.15, 0.2) is 19.6 Å². The number of halogens is 2. The van der Waals surface area contributed by atoms with Gasteiger partial charge in [-0.25, -0.2) is 0 Å². The van der Waals surface area contributed by atoms with E-state index in [0.717, 1.165) is 23.2 Å². The van der Waals surface area contributed by atoms with Crippen molar-refractivity contribution in [3.8, 4) is 0 Å². The molecular weight excluding hydrogens is 376 g/mol. The topological polar surface area (TPSA) is 51.6 Å². The number of hydrogen-bond donors (Lipinski definition) is 1. The standard InChI is InChI=1S/C13H22Br2N2O2/c1-4-9(2)17(5-6-18-3)11(8-16)12-7-10(14)13(15)19-12/h7,9,11H,4-6,8,16H2,1-3H3. The lowest BCUT2D eigenvalue weighted by Crippen LogP contribution is -2.41. The summed E-state index contributed by atoms with van der Waals surface area (Å²) in [6, 6.07) is 2.46. The average molecular weight is 398 g/mol. The number of ether oxygens (including phenoxy) is 1. The van der Waals surface area contributed by atoms with Gasteiger partial charge in [0.2, 0.25) is 0 Å². The summed E-state index contributed by atoms with van der Waals surface area (Å²) >= 11 is 6.82. The Labute approximate surface area is 131 Å². The van der Waals surface area contributed by atoms with Crippen LogP contribution in [-0.2, 0) is 4.74 Å². The van der Waals surface area contributed by atoms with Gasteiger partial charge in [-0.2, -0.15) is 0 Å². The molecule has 1 rings (SSSR count). The van der Waals surface area contributed by atoms with Gasteiger partial charge in [-0.05, 0) is 51.3 Å². The van der Waals surface area contributed by atoms with Crippen LogP contribution in [0.5, 0.6) is 0 Å². The predicted octanol–water partition coefficient (Wildman–Crippen LogP) is 3.55. The summed E-state index contributed by atoms with van der Waals surface area (Å²) in [4.78, 5) is 2.33. The minimum Gasteiger partial charge on any atom is -0.451 e. The molecule has 6 heteroatoms. The van der Waals surface area contributed by atoms with Gasteiger partial charge in [0.25, 0.3) is 0 Å². The molecular formula is C13H22Br2N2O2. The van der Waals surface area contributed by atoms with E-state index in [-0.39, 0.29) is 6.04 Å². The summed E-state index contributed by atoms with van der Waals surface area (Å²) < 4.78 is 12.5. The van der Waals surface area contributed by atoms with Crippen molar-refractivity contribution >= 4 is 31.9 Å². The zero-order valence-electron chi connectivity index (χ0n) is 11.7. The molecule has 0 spiro atoms. The Bertz CT molecular complexity index is 365. The van der Waals surface area contributed by atoms with Crippen LogP contribution >= 0.6 is 31.9 Å². The quantitative estimate of drug-likeness (QED) is 0.728. The molecule has 0 aliphatic heterocycles. The monoisotopic (exact) mass is 396 g/mol. The van der Waals surface area contributed by atoms with Crippen molar-refractivity contribution < 1.29 is 9.15 Å². The molecule has 2 N–H and O–H groups in total. The Morgan fingerprint density at radius 2 is 2.16 bits per heavy atom. The Morgan fingerprint density at radius 1 is 1.47 bits per heavy atom. The fourth-order valence-corrected chi connectivity index (χ4v) is 2.67. The van der Waals surface area contributed by atoms with E-state index in [0.29, 0.717) is 23.9 Å². The molecule has 4 nitrogen and oxygen atoms in total. The van der Waals surface area contributed by atoms with Gasteiger partial charge >= 0.3 is 0 Å². The number of furan rings is 1. The van der Waals surface area contributed by atoms with Crippen LogP contribution in [0, 0.1) is 0 Å². The summed E-state index contributed by atoms with van der Waals surface area (Å²) in [6.45, 7) is 6.41. The van der Waals surface area contributed by atoms with E-state index in [2.05, 4.69) is 50.6 Å². The zero-order valence-corrected chi connectivity index (χ0v) is 14.8. The number of nitrogens with zero attached hydrogens (tertiary/aromatic N) is 1. The predicted molar refractivity (Wildman–Crippen MR) is 84.2 cm³/mol. The van der Waals surface area contributed by atoms with Gasteiger partial charge in [-0.1, -0.05) is 6.92 Å². The molecule has 2 atom stereocenters. The first-order valence-corrected chi connectivity index (χ1v) is 8.03. The third kappa shape index (κ3) is 4.56. The fourth-order valence-electron chi connectivity index (χ4n) is 2.06. The molecule has 1 aromatic rings. The Kier molecular flexibility index (Phi) is 7.61. The second-order valence-corrected chi connectivity index (χ2v) is 6.08. The highest BCUT2D eigenvalue weighted by Crippen LogP contribution is 2.32. The van der Waals surface area contributed by atoms with E-state index in [1.807, 2.05) is 6.07 Å². The molecule has 110 valence electrons. The van der Waals surface area contributed by atoms with Crippen molar-refractivity contribution in [1.29, 1.82) is 0 Å². The number of hydrogen-bond acceptors (Lipinski definition) is 4. The lowest BCUT2D eigenvalue weighted by atomic mass is 10.1. The van der Waals surface area contributed by atoms with Crippen molar-refractivity contribution in [2.75, 3.05) is 26.8 Å². The number of rotatable bonds is 8. The highest BCUT2D eigenvalue weighted by atomic mass is 79.9. The second kappa shape index (κ2) is 8.42. The first-order chi connectivity index (χ1) is 9.04. The van der Waals surface area contributed by atoms with Gasteiger partial charge in [-0.3, -0.25) is 4.90 Å². The van der Waals surface area contributed by atoms with Crippen LogP contribution in [-0.4, -0.2) is 37.7 Å². The average Bonchev–Trinajstić information content (AvgIpc) is 2.73. The highest BCUT2D eigenvalue weighted by molar-refractivity contribution is 9.13. The normalized spacial score (nSPS) is 14.9. The van der Waals surface area contributed by atoms with Gasteiger partial charge in [0.05, 0.1) is 17.1 Å².